The number of likely N-dealkylation sites (tertiary alicyclic amines) is 1. The van der Waals surface area contributed by atoms with Gasteiger partial charge in [0.05, 0.1) is 0 Å². The average molecular weight is 311 g/mol. The molecule has 1 atom stereocenters. The molecule has 6 heteroatoms. The Kier molecular flexibility index (Phi) is 5.87. The number of nitrogens with zero attached hydrogens (tertiary/aromatic N) is 1. The summed E-state index contributed by atoms with van der Waals surface area (Å²) in [6, 6.07) is 9.50. The monoisotopic (exact) mass is 310 g/mol. The van der Waals surface area contributed by atoms with Crippen molar-refractivity contribution in [1.82, 2.24) is 10.2 Å². The quantitative estimate of drug-likeness (QED) is 0.867. The van der Waals surface area contributed by atoms with Gasteiger partial charge in [0.25, 0.3) is 0 Å². The summed E-state index contributed by atoms with van der Waals surface area (Å²) < 4.78 is 5.30. The summed E-state index contributed by atoms with van der Waals surface area (Å²) >= 11 is 5.47. The van der Waals surface area contributed by atoms with Crippen molar-refractivity contribution in [2.75, 3.05) is 19.0 Å². The minimum Gasteiger partial charge on any atom is -0.445 e. The standard InChI is InChI=1S/C15H19ClN2O3/c16-9-14(19)17-13-7-4-8-18(10-13)15(20)21-11-12-5-2-1-3-6-12/h1-3,5-6,13H,4,7-11H2,(H,17,19)/t13-/m0/s1. The summed E-state index contributed by atoms with van der Waals surface area (Å²) in [6.07, 6.45) is 1.35. The first-order valence-corrected chi connectivity index (χ1v) is 7.53. The third-order valence-electron chi connectivity index (χ3n) is 3.37. The average Bonchev–Trinajstić information content (AvgIpc) is 2.53. The zero-order chi connectivity index (χ0) is 15.1. The molecule has 21 heavy (non-hydrogen) atoms. The largest absolute Gasteiger partial charge is 0.445 e. The van der Waals surface area contributed by atoms with E-state index in [1.54, 1.807) is 4.90 Å². The molecule has 114 valence electrons. The molecular weight excluding hydrogens is 292 g/mol. The van der Waals surface area contributed by atoms with E-state index in [4.69, 9.17) is 16.3 Å². The Hall–Kier alpha value is -1.75. The van der Waals surface area contributed by atoms with Crippen LogP contribution in [0.15, 0.2) is 30.3 Å². The van der Waals surface area contributed by atoms with Crippen LogP contribution in [0, 0.1) is 0 Å². The second-order valence-corrected chi connectivity index (χ2v) is 5.29. The summed E-state index contributed by atoms with van der Waals surface area (Å²) in [4.78, 5) is 25.0. The zero-order valence-electron chi connectivity index (χ0n) is 11.8. The molecule has 1 fully saturated rings. The molecule has 1 aliphatic rings. The number of carbonyl (C=O) groups is 2. The van der Waals surface area contributed by atoms with Crippen LogP contribution in [-0.2, 0) is 16.1 Å². The highest BCUT2D eigenvalue weighted by molar-refractivity contribution is 6.27. The Morgan fingerprint density at radius 3 is 2.81 bits per heavy atom. The SMILES string of the molecule is O=C(CCl)N[C@H]1CCCN(C(=O)OCc2ccccc2)C1. The molecule has 1 heterocycles. The lowest BCUT2D eigenvalue weighted by Crippen LogP contribution is -2.50. The number of piperidine rings is 1. The number of rotatable bonds is 4. The molecule has 2 amide bonds. The molecule has 0 spiro atoms. The van der Waals surface area contributed by atoms with Crippen molar-refractivity contribution in [3.63, 3.8) is 0 Å². The van der Waals surface area contributed by atoms with Gasteiger partial charge in [-0.05, 0) is 18.4 Å². The molecular formula is C15H19ClN2O3. The molecule has 0 bridgehead atoms. The minimum absolute atomic E-state index is 0.0470. The van der Waals surface area contributed by atoms with Gasteiger partial charge in [0, 0.05) is 19.1 Å². The Morgan fingerprint density at radius 2 is 2.10 bits per heavy atom. The van der Waals surface area contributed by atoms with Crippen LogP contribution >= 0.6 is 11.6 Å². The van der Waals surface area contributed by atoms with E-state index in [0.29, 0.717) is 13.1 Å². The first kappa shape index (κ1) is 15.6. The summed E-state index contributed by atoms with van der Waals surface area (Å²) in [7, 11) is 0. The van der Waals surface area contributed by atoms with Crippen molar-refractivity contribution in [1.29, 1.82) is 0 Å². The van der Waals surface area contributed by atoms with Crippen molar-refractivity contribution in [2.45, 2.75) is 25.5 Å². The molecule has 5 nitrogen and oxygen atoms in total. The molecule has 0 unspecified atom stereocenters. The number of alkyl halides is 1. The molecule has 1 saturated heterocycles. The van der Waals surface area contributed by atoms with E-state index in [1.165, 1.54) is 0 Å². The molecule has 0 radical (unpaired) electrons. The molecule has 0 aromatic heterocycles. The number of benzene rings is 1. The fourth-order valence-electron chi connectivity index (χ4n) is 2.34. The summed E-state index contributed by atoms with van der Waals surface area (Å²) in [5.74, 6) is -0.268. The second kappa shape index (κ2) is 7.88. The highest BCUT2D eigenvalue weighted by Crippen LogP contribution is 2.12. The van der Waals surface area contributed by atoms with E-state index in [-0.39, 0.29) is 30.5 Å². The van der Waals surface area contributed by atoms with Gasteiger partial charge in [-0.3, -0.25) is 4.79 Å². The van der Waals surface area contributed by atoms with E-state index in [0.717, 1.165) is 18.4 Å². The molecule has 0 aliphatic carbocycles. The van der Waals surface area contributed by atoms with Crippen LogP contribution in [0.3, 0.4) is 0 Å². The van der Waals surface area contributed by atoms with Gasteiger partial charge in [0.1, 0.15) is 12.5 Å². The predicted molar refractivity (Wildman–Crippen MR) is 80.1 cm³/mol. The van der Waals surface area contributed by atoms with E-state index in [1.807, 2.05) is 30.3 Å². The summed E-state index contributed by atoms with van der Waals surface area (Å²) in [6.45, 7) is 1.38. The molecule has 0 saturated carbocycles. The highest BCUT2D eigenvalue weighted by atomic mass is 35.5. The van der Waals surface area contributed by atoms with Crippen LogP contribution in [0.5, 0.6) is 0 Å². The maximum Gasteiger partial charge on any atom is 0.410 e. The van der Waals surface area contributed by atoms with Gasteiger partial charge in [0.15, 0.2) is 0 Å². The lowest BCUT2D eigenvalue weighted by atomic mass is 10.1. The van der Waals surface area contributed by atoms with E-state index < -0.39 is 0 Å². The van der Waals surface area contributed by atoms with Crippen molar-refractivity contribution in [2.24, 2.45) is 0 Å². The zero-order valence-corrected chi connectivity index (χ0v) is 12.5. The number of hydrogen-bond donors (Lipinski definition) is 1. The molecule has 1 aliphatic heterocycles. The molecule has 2 rings (SSSR count). The minimum atomic E-state index is -0.344. The third kappa shape index (κ3) is 4.93. The van der Waals surface area contributed by atoms with Crippen LogP contribution in [-0.4, -0.2) is 41.9 Å². The Labute approximate surface area is 129 Å². The van der Waals surface area contributed by atoms with E-state index in [2.05, 4.69) is 5.32 Å². The van der Waals surface area contributed by atoms with Gasteiger partial charge in [-0.1, -0.05) is 30.3 Å². The van der Waals surface area contributed by atoms with Gasteiger partial charge in [-0.15, -0.1) is 11.6 Å². The van der Waals surface area contributed by atoms with Crippen molar-refractivity contribution in [3.05, 3.63) is 35.9 Å². The Balaban J connectivity index is 1.80. The van der Waals surface area contributed by atoms with Gasteiger partial charge in [-0.25, -0.2) is 4.79 Å². The number of carbonyl (C=O) groups excluding carboxylic acids is 2. The number of hydrogen-bond acceptors (Lipinski definition) is 3. The van der Waals surface area contributed by atoms with Gasteiger partial charge in [-0.2, -0.15) is 0 Å². The van der Waals surface area contributed by atoms with Crippen LogP contribution in [0.4, 0.5) is 4.79 Å². The van der Waals surface area contributed by atoms with Gasteiger partial charge >= 0.3 is 6.09 Å². The number of ether oxygens (including phenoxy) is 1. The predicted octanol–water partition coefficient (Wildman–Crippen LogP) is 2.14. The number of amides is 2. The Morgan fingerprint density at radius 1 is 1.33 bits per heavy atom. The normalized spacial score (nSPS) is 18.1. The van der Waals surface area contributed by atoms with Crippen molar-refractivity contribution >= 4 is 23.6 Å². The number of halogens is 1. The summed E-state index contributed by atoms with van der Waals surface area (Å²) in [5, 5.41) is 2.81. The Bertz CT molecular complexity index is 481. The van der Waals surface area contributed by atoms with Crippen molar-refractivity contribution < 1.29 is 14.3 Å². The van der Waals surface area contributed by atoms with Crippen molar-refractivity contribution in [3.8, 4) is 0 Å². The lowest BCUT2D eigenvalue weighted by molar-refractivity contribution is -0.119. The lowest BCUT2D eigenvalue weighted by Gasteiger charge is -2.32. The van der Waals surface area contributed by atoms with E-state index >= 15 is 0 Å². The second-order valence-electron chi connectivity index (χ2n) is 5.03. The summed E-state index contributed by atoms with van der Waals surface area (Å²) in [5.41, 5.74) is 0.954. The topological polar surface area (TPSA) is 58.6 Å². The third-order valence-corrected chi connectivity index (χ3v) is 3.61. The smallest absolute Gasteiger partial charge is 0.410 e. The van der Waals surface area contributed by atoms with Crippen LogP contribution in [0.25, 0.3) is 0 Å². The van der Waals surface area contributed by atoms with Crippen LogP contribution < -0.4 is 5.32 Å². The highest BCUT2D eigenvalue weighted by Gasteiger charge is 2.25. The van der Waals surface area contributed by atoms with Crippen LogP contribution in [0.2, 0.25) is 0 Å². The molecule has 1 aromatic rings. The van der Waals surface area contributed by atoms with Crippen LogP contribution in [0.1, 0.15) is 18.4 Å². The van der Waals surface area contributed by atoms with E-state index in [9.17, 15) is 9.59 Å². The fraction of sp³-hybridized carbons (Fsp3) is 0.467. The van der Waals surface area contributed by atoms with Gasteiger partial charge < -0.3 is 15.0 Å². The number of nitrogens with one attached hydrogen (secondary N) is 1. The first-order valence-electron chi connectivity index (χ1n) is 7.00. The molecule has 1 aromatic carbocycles. The maximum atomic E-state index is 12.0. The molecule has 1 N–H and O–H groups in total. The fourth-order valence-corrected chi connectivity index (χ4v) is 2.41. The van der Waals surface area contributed by atoms with Gasteiger partial charge in [0.2, 0.25) is 5.91 Å². The maximum absolute atomic E-state index is 12.0. The first-order chi connectivity index (χ1) is 10.2.